The summed E-state index contributed by atoms with van der Waals surface area (Å²) in [5.74, 6) is 1.45. The minimum atomic E-state index is -0.362. The number of halogens is 1. The molecule has 8 nitrogen and oxygen atoms in total. The third-order valence-electron chi connectivity index (χ3n) is 7.45. The number of pyridine rings is 1. The van der Waals surface area contributed by atoms with Crippen LogP contribution in [0.25, 0.3) is 11.0 Å². The number of hydrogen-bond acceptors (Lipinski definition) is 7. The third kappa shape index (κ3) is 4.65. The van der Waals surface area contributed by atoms with Crippen molar-refractivity contribution in [3.05, 3.63) is 57.9 Å². The van der Waals surface area contributed by atoms with Gasteiger partial charge < -0.3 is 9.64 Å². The Morgan fingerprint density at radius 2 is 2.03 bits per heavy atom. The van der Waals surface area contributed by atoms with E-state index in [0.717, 1.165) is 6.42 Å². The first kappa shape index (κ1) is 24.2. The summed E-state index contributed by atoms with van der Waals surface area (Å²) in [6, 6.07) is 10.6. The number of piperazine rings is 1. The van der Waals surface area contributed by atoms with E-state index in [2.05, 4.69) is 32.8 Å². The molecule has 0 radical (unpaired) electrons. The Morgan fingerprint density at radius 1 is 1.22 bits per heavy atom. The monoisotopic (exact) mass is 490 g/mol. The van der Waals surface area contributed by atoms with Crippen molar-refractivity contribution in [2.24, 2.45) is 13.0 Å². The zero-order chi connectivity index (χ0) is 25.4. The van der Waals surface area contributed by atoms with Gasteiger partial charge in [-0.05, 0) is 50.3 Å². The molecule has 1 saturated heterocycles. The summed E-state index contributed by atoms with van der Waals surface area (Å²) in [4.78, 5) is 25.8. The first-order chi connectivity index (χ1) is 17.4. The summed E-state index contributed by atoms with van der Waals surface area (Å²) >= 11 is 0. The molecule has 1 aromatic carbocycles. The summed E-state index contributed by atoms with van der Waals surface area (Å²) in [5, 5.41) is 9.34. The molecule has 5 rings (SSSR count). The van der Waals surface area contributed by atoms with E-state index in [9.17, 15) is 10.1 Å². The molecule has 2 aliphatic rings. The van der Waals surface area contributed by atoms with Crippen LogP contribution in [0.5, 0.6) is 5.75 Å². The number of nitriles is 1. The van der Waals surface area contributed by atoms with Gasteiger partial charge in [-0.25, -0.2) is 14.2 Å². The molecule has 1 aliphatic carbocycles. The SMILES string of the molecule is CCC1CN(c2nc(=O)n(C)c3ccc(C#N)nc23)CCN1C(C)c1ccc(OCC2CC2)cc1F. The van der Waals surface area contributed by atoms with Crippen LogP contribution in [0.2, 0.25) is 0 Å². The molecule has 2 unspecified atom stereocenters. The molecular formula is C27H31FN6O2. The molecule has 2 aromatic heterocycles. The largest absolute Gasteiger partial charge is 0.493 e. The van der Waals surface area contributed by atoms with Gasteiger partial charge in [0.05, 0.1) is 12.1 Å². The van der Waals surface area contributed by atoms with Gasteiger partial charge in [0, 0.05) is 50.4 Å². The highest BCUT2D eigenvalue weighted by Gasteiger charge is 2.32. The number of anilines is 1. The van der Waals surface area contributed by atoms with E-state index in [1.54, 1.807) is 19.2 Å². The second-order valence-corrected chi connectivity index (χ2v) is 9.81. The van der Waals surface area contributed by atoms with Crippen molar-refractivity contribution < 1.29 is 9.13 Å². The van der Waals surface area contributed by atoms with Crippen molar-refractivity contribution in [1.29, 1.82) is 5.26 Å². The molecule has 2 fully saturated rings. The van der Waals surface area contributed by atoms with Crippen molar-refractivity contribution in [1.82, 2.24) is 19.4 Å². The average Bonchev–Trinajstić information content (AvgIpc) is 3.73. The minimum absolute atomic E-state index is 0.119. The van der Waals surface area contributed by atoms with Gasteiger partial charge in [0.25, 0.3) is 0 Å². The van der Waals surface area contributed by atoms with Crippen LogP contribution in [-0.4, -0.2) is 51.7 Å². The van der Waals surface area contributed by atoms with E-state index in [1.807, 2.05) is 19.1 Å². The molecular weight excluding hydrogens is 459 g/mol. The van der Waals surface area contributed by atoms with Crippen LogP contribution >= 0.6 is 0 Å². The van der Waals surface area contributed by atoms with Crippen molar-refractivity contribution in [2.45, 2.75) is 45.2 Å². The Bertz CT molecular complexity index is 1380. The smallest absolute Gasteiger partial charge is 0.349 e. The number of ether oxygens (including phenoxy) is 1. The molecule has 0 amide bonds. The van der Waals surface area contributed by atoms with Crippen LogP contribution in [0.4, 0.5) is 10.2 Å². The second kappa shape index (κ2) is 9.86. The Kier molecular flexibility index (Phi) is 6.63. The predicted octanol–water partition coefficient (Wildman–Crippen LogP) is 3.79. The first-order valence-corrected chi connectivity index (χ1v) is 12.6. The summed E-state index contributed by atoms with van der Waals surface area (Å²) in [7, 11) is 1.65. The summed E-state index contributed by atoms with van der Waals surface area (Å²) in [6.45, 7) is 6.71. The lowest BCUT2D eigenvalue weighted by atomic mass is 10.0. The van der Waals surface area contributed by atoms with Gasteiger partial charge in [0.15, 0.2) is 5.82 Å². The van der Waals surface area contributed by atoms with Crippen molar-refractivity contribution in [2.75, 3.05) is 31.1 Å². The lowest BCUT2D eigenvalue weighted by molar-refractivity contribution is 0.121. The number of nitrogens with zero attached hydrogens (tertiary/aromatic N) is 6. The van der Waals surface area contributed by atoms with Gasteiger partial charge in [-0.3, -0.25) is 9.47 Å². The Hall–Kier alpha value is -3.51. The van der Waals surface area contributed by atoms with E-state index in [0.29, 0.717) is 60.3 Å². The molecule has 0 bridgehead atoms. The van der Waals surface area contributed by atoms with Crippen LogP contribution in [0, 0.1) is 23.1 Å². The highest BCUT2D eigenvalue weighted by molar-refractivity contribution is 5.86. The molecule has 1 saturated carbocycles. The second-order valence-electron chi connectivity index (χ2n) is 9.81. The molecule has 36 heavy (non-hydrogen) atoms. The summed E-state index contributed by atoms with van der Waals surface area (Å²) in [5.41, 5.74) is 1.75. The van der Waals surface area contributed by atoms with Crippen LogP contribution in [0.15, 0.2) is 35.1 Å². The number of aryl methyl sites for hydroxylation is 1. The van der Waals surface area contributed by atoms with E-state index in [4.69, 9.17) is 4.74 Å². The zero-order valence-electron chi connectivity index (χ0n) is 20.9. The minimum Gasteiger partial charge on any atom is -0.493 e. The number of hydrogen-bond donors (Lipinski definition) is 0. The standard InChI is InChI=1S/C27H31FN6O2/c1-4-20-15-33(26-25-24(32(3)27(35)31-26)10-7-19(14-29)30-25)11-12-34(20)17(2)22-9-8-21(13-23(22)28)36-16-18-5-6-18/h7-10,13,17-18,20H,4-6,11-12,15-16H2,1-3H3. The molecule has 9 heteroatoms. The summed E-state index contributed by atoms with van der Waals surface area (Å²) in [6.07, 6.45) is 3.24. The van der Waals surface area contributed by atoms with Gasteiger partial charge in [-0.1, -0.05) is 13.0 Å². The highest BCUT2D eigenvalue weighted by Crippen LogP contribution is 2.33. The predicted molar refractivity (Wildman–Crippen MR) is 136 cm³/mol. The number of benzene rings is 1. The molecule has 188 valence electrons. The van der Waals surface area contributed by atoms with E-state index >= 15 is 4.39 Å². The topological polar surface area (TPSA) is 87.3 Å². The van der Waals surface area contributed by atoms with Crippen LogP contribution < -0.4 is 15.3 Å². The van der Waals surface area contributed by atoms with Crippen LogP contribution in [0.3, 0.4) is 0 Å². The molecule has 3 heterocycles. The fourth-order valence-electron chi connectivity index (χ4n) is 5.04. The zero-order valence-corrected chi connectivity index (χ0v) is 20.9. The Balaban J connectivity index is 1.38. The number of aromatic nitrogens is 3. The maximum absolute atomic E-state index is 15.1. The Labute approximate surface area is 209 Å². The first-order valence-electron chi connectivity index (χ1n) is 12.6. The molecule has 1 aliphatic heterocycles. The van der Waals surface area contributed by atoms with Crippen molar-refractivity contribution in [3.8, 4) is 11.8 Å². The lowest BCUT2D eigenvalue weighted by Gasteiger charge is -2.44. The van der Waals surface area contributed by atoms with Crippen LogP contribution in [0.1, 0.15) is 50.4 Å². The molecule has 0 spiro atoms. The maximum Gasteiger partial charge on any atom is 0.349 e. The van der Waals surface area contributed by atoms with Crippen molar-refractivity contribution in [3.63, 3.8) is 0 Å². The van der Waals surface area contributed by atoms with Gasteiger partial charge in [0.1, 0.15) is 28.8 Å². The van der Waals surface area contributed by atoms with E-state index in [-0.39, 0.29) is 29.3 Å². The van der Waals surface area contributed by atoms with Crippen LogP contribution in [-0.2, 0) is 7.05 Å². The average molecular weight is 491 g/mol. The molecule has 0 N–H and O–H groups in total. The molecule has 2 atom stereocenters. The van der Waals surface area contributed by atoms with E-state index in [1.165, 1.54) is 23.5 Å². The van der Waals surface area contributed by atoms with E-state index < -0.39 is 0 Å². The normalized spacial score (nSPS) is 19.3. The Morgan fingerprint density at radius 3 is 2.72 bits per heavy atom. The van der Waals surface area contributed by atoms with Gasteiger partial charge in [-0.15, -0.1) is 0 Å². The quantitative estimate of drug-likeness (QED) is 0.498. The summed E-state index contributed by atoms with van der Waals surface area (Å²) < 4.78 is 22.3. The fourth-order valence-corrected chi connectivity index (χ4v) is 5.04. The maximum atomic E-state index is 15.1. The van der Waals surface area contributed by atoms with Gasteiger partial charge in [0.2, 0.25) is 0 Å². The third-order valence-corrected chi connectivity index (χ3v) is 7.45. The molecule has 3 aromatic rings. The van der Waals surface area contributed by atoms with Gasteiger partial charge >= 0.3 is 5.69 Å². The number of rotatable bonds is 7. The highest BCUT2D eigenvalue weighted by atomic mass is 19.1. The number of fused-ring (bicyclic) bond motifs is 1. The van der Waals surface area contributed by atoms with Gasteiger partial charge in [-0.2, -0.15) is 10.2 Å². The fraction of sp³-hybridized carbons (Fsp3) is 0.481. The lowest BCUT2D eigenvalue weighted by Crippen LogP contribution is -2.54. The van der Waals surface area contributed by atoms with Crippen molar-refractivity contribution >= 4 is 16.9 Å².